The van der Waals surface area contributed by atoms with Crippen LogP contribution < -0.4 is 0 Å². The Hall–Kier alpha value is 0.985. The second kappa shape index (κ2) is 17.8. The van der Waals surface area contributed by atoms with Crippen molar-refractivity contribution in [3.8, 4) is 0 Å². The van der Waals surface area contributed by atoms with E-state index in [0.717, 1.165) is 0 Å². The van der Waals surface area contributed by atoms with E-state index in [1.54, 1.807) is 0 Å². The summed E-state index contributed by atoms with van der Waals surface area (Å²) in [5, 5.41) is 0. The summed E-state index contributed by atoms with van der Waals surface area (Å²) in [4.78, 5) is 0. The third-order valence-corrected chi connectivity index (χ3v) is 0. The Balaban J connectivity index is -0.0000000284. The molecule has 0 fully saturated rings. The van der Waals surface area contributed by atoms with Gasteiger partial charge >= 0.3 is 46.6 Å². The quantitative estimate of drug-likeness (QED) is 0.141. The molecule has 23 heavy (non-hydrogen) atoms. The van der Waals surface area contributed by atoms with Gasteiger partial charge in [0.15, 0.2) is 0 Å². The molecule has 0 saturated heterocycles. The Labute approximate surface area is 162 Å². The van der Waals surface area contributed by atoms with Crippen LogP contribution in [-0.2, 0) is 93.7 Å². The second-order valence-corrected chi connectivity index (χ2v) is 4.90. The normalized spacial score (nSPS) is 10.1. The van der Waals surface area contributed by atoms with Gasteiger partial charge in [-0.15, -0.1) is 0 Å². The first kappa shape index (κ1) is 43.9. The van der Waals surface area contributed by atoms with Crippen molar-refractivity contribution in [2.75, 3.05) is 0 Å². The molecule has 0 heterocycles. The third-order valence-electron chi connectivity index (χ3n) is 0. The molecule has 0 bridgehead atoms. The summed E-state index contributed by atoms with van der Waals surface area (Å²) in [7, 11) is -20.7. The molecule has 0 aromatic carbocycles. The smallest absolute Gasteiger partial charge is 0.873 e. The standard InChI is InChI=1S/4H2O4S.H4O.Pd.Zr/c4*1-5(2,3)4;;;/h4*(H2,1,2,3,4);1H4;;/q;;;;2*+2;+4/p-8. The fourth-order valence-corrected chi connectivity index (χ4v) is 0. The molecule has 0 aromatic rings. The first-order valence-electron chi connectivity index (χ1n) is 2.67. The molecule has 0 unspecified atom stereocenters. The molecule has 144 valence electrons. The van der Waals surface area contributed by atoms with E-state index >= 15 is 0 Å². The van der Waals surface area contributed by atoms with E-state index in [1.165, 1.54) is 0 Å². The van der Waals surface area contributed by atoms with Crippen molar-refractivity contribution in [1.82, 2.24) is 0 Å². The minimum atomic E-state index is -5.17. The summed E-state index contributed by atoms with van der Waals surface area (Å²) < 4.78 is 136. The van der Waals surface area contributed by atoms with Crippen LogP contribution >= 0.6 is 0 Å². The van der Waals surface area contributed by atoms with Gasteiger partial charge in [-0.1, -0.05) is 0 Å². The molecule has 0 saturated carbocycles. The Morgan fingerprint density at radius 3 is 0.391 bits per heavy atom. The average molecular weight is 602 g/mol. The van der Waals surface area contributed by atoms with Gasteiger partial charge in [0.25, 0.3) is 0 Å². The van der Waals surface area contributed by atoms with Crippen molar-refractivity contribution in [1.29, 1.82) is 0 Å². The van der Waals surface area contributed by atoms with Crippen LogP contribution in [0.5, 0.6) is 0 Å². The van der Waals surface area contributed by atoms with Crippen LogP contribution in [-0.4, -0.2) is 70.1 Å². The molecule has 0 aliphatic carbocycles. The summed E-state index contributed by atoms with van der Waals surface area (Å²) in [5.41, 5.74) is 0. The van der Waals surface area contributed by atoms with Gasteiger partial charge in [0, 0.05) is 41.6 Å². The molecule has 0 aliphatic heterocycles. The van der Waals surface area contributed by atoms with Crippen LogP contribution in [0.1, 0.15) is 0 Å². The molecule has 4 N–H and O–H groups in total. The largest absolute Gasteiger partial charge is 4.00 e. The monoisotopic (exact) mass is 600 g/mol. The van der Waals surface area contributed by atoms with Crippen LogP contribution in [0.2, 0.25) is 0 Å². The second-order valence-electron chi connectivity index (χ2n) is 1.63. The van der Waals surface area contributed by atoms with Crippen LogP contribution in [0.15, 0.2) is 0 Å². The minimum Gasteiger partial charge on any atom is -0.873 e. The van der Waals surface area contributed by atoms with Gasteiger partial charge in [-0.2, -0.15) is 0 Å². The average Bonchev–Trinajstić information content (AvgIpc) is 1.62. The van der Waals surface area contributed by atoms with Gasteiger partial charge in [0.1, 0.15) is 0 Å². The van der Waals surface area contributed by atoms with E-state index in [-0.39, 0.29) is 52.1 Å². The Morgan fingerprint density at radius 1 is 0.391 bits per heavy atom. The van der Waals surface area contributed by atoms with E-state index in [1.807, 2.05) is 0 Å². The Morgan fingerprint density at radius 2 is 0.391 bits per heavy atom. The molecule has 23 heteroatoms. The Bertz CT molecular complexity index is 479. The van der Waals surface area contributed by atoms with Crippen LogP contribution in [0.25, 0.3) is 0 Å². The minimum absolute atomic E-state index is 0. The van der Waals surface area contributed by atoms with Gasteiger partial charge < -0.3 is 41.9 Å². The van der Waals surface area contributed by atoms with Crippen molar-refractivity contribution in [3.63, 3.8) is 0 Å². The van der Waals surface area contributed by atoms with Crippen LogP contribution in [0.4, 0.5) is 0 Å². The van der Waals surface area contributed by atoms with Gasteiger partial charge in [-0.05, 0) is 0 Å². The van der Waals surface area contributed by atoms with Crippen molar-refractivity contribution >= 4 is 41.6 Å². The van der Waals surface area contributed by atoms with Crippen LogP contribution in [0.3, 0.4) is 0 Å². The van der Waals surface area contributed by atoms with Crippen molar-refractivity contribution in [2.24, 2.45) is 0 Å². The maximum absolute atomic E-state index is 8.52. The maximum atomic E-state index is 8.52. The van der Waals surface area contributed by atoms with Crippen LogP contribution in [0, 0.1) is 0 Å². The van der Waals surface area contributed by atoms with E-state index in [2.05, 4.69) is 0 Å². The van der Waals surface area contributed by atoms with Crippen molar-refractivity contribution < 1.29 is 122 Å². The summed E-state index contributed by atoms with van der Waals surface area (Å²) >= 11 is 0. The predicted octanol–water partition coefficient (Wildman–Crippen LogP) is -6.55. The molecular formula is H4O17PdS4Zr. The fourth-order valence-electron chi connectivity index (χ4n) is 0. The first-order valence-corrected chi connectivity index (χ1v) is 8.00. The molecular weight excluding hydrogens is 598 g/mol. The summed E-state index contributed by atoms with van der Waals surface area (Å²) in [6.07, 6.45) is 0. The zero-order valence-electron chi connectivity index (χ0n) is 9.69. The third kappa shape index (κ3) is 10400. The van der Waals surface area contributed by atoms with Crippen molar-refractivity contribution in [3.05, 3.63) is 0 Å². The fraction of sp³-hybridized carbons (Fsp3) is 0. The Kier molecular flexibility index (Phi) is 34.0. The molecule has 0 rings (SSSR count). The molecule has 0 spiro atoms. The topological polar surface area (TPSA) is 356 Å². The predicted molar refractivity (Wildman–Crippen MR) is 48.2 cm³/mol. The van der Waals surface area contributed by atoms with Gasteiger partial charge in [-0.25, -0.2) is 0 Å². The zero-order chi connectivity index (χ0) is 18.0. The molecule has 0 radical (unpaired) electrons. The molecule has 17 nitrogen and oxygen atoms in total. The molecule has 0 atom stereocenters. The molecule has 0 aliphatic rings. The van der Waals surface area contributed by atoms with Gasteiger partial charge in [0.05, 0.1) is 0 Å². The molecule has 0 amide bonds. The van der Waals surface area contributed by atoms with E-state index in [4.69, 9.17) is 70.1 Å². The number of hydrogen-bond donors (Lipinski definition) is 0. The van der Waals surface area contributed by atoms with E-state index < -0.39 is 41.6 Å². The van der Waals surface area contributed by atoms with Crippen molar-refractivity contribution in [2.45, 2.75) is 0 Å². The summed E-state index contributed by atoms with van der Waals surface area (Å²) in [6, 6.07) is 0. The van der Waals surface area contributed by atoms with Gasteiger partial charge in [-0.3, -0.25) is 33.7 Å². The number of rotatable bonds is 0. The zero-order valence-corrected chi connectivity index (χ0v) is 17.0. The maximum Gasteiger partial charge on any atom is 4.00 e. The molecule has 0 aromatic heterocycles. The number of hydrogen-bond acceptors (Lipinski definition) is 16. The SMILES string of the molecule is O=S(=O)([O-])[O-].O=S(=O)([O-])[O-].O=S(=O)([O-])[O-].O=S(=O)([O-])[O-].[OH4+2].[Pd+2].[Zr+4]. The van der Waals surface area contributed by atoms with Gasteiger partial charge in [0.2, 0.25) is 0 Å². The summed E-state index contributed by atoms with van der Waals surface area (Å²) in [6.45, 7) is 0. The van der Waals surface area contributed by atoms with E-state index in [0.29, 0.717) is 0 Å². The summed E-state index contributed by atoms with van der Waals surface area (Å²) in [5.74, 6) is 0. The first-order chi connectivity index (χ1) is 8.00. The van der Waals surface area contributed by atoms with E-state index in [9.17, 15) is 0 Å².